The molecule has 5 nitrogen and oxygen atoms in total. The fourth-order valence-corrected chi connectivity index (χ4v) is 3.17. The molecule has 2 aromatic rings. The first kappa shape index (κ1) is 15.8. The fourth-order valence-electron chi connectivity index (χ4n) is 2.07. The number of benzene rings is 1. The summed E-state index contributed by atoms with van der Waals surface area (Å²) in [5.74, 6) is -0.262. The minimum atomic E-state index is -0.262. The number of aromatic amines is 1. The average molecular weight is 310 g/mol. The molecule has 21 heavy (non-hydrogen) atoms. The van der Waals surface area contributed by atoms with Crippen LogP contribution in [-0.4, -0.2) is 21.8 Å². The van der Waals surface area contributed by atoms with Crippen molar-refractivity contribution in [2.24, 2.45) is 0 Å². The van der Waals surface area contributed by atoms with E-state index in [1.54, 1.807) is 17.7 Å². The number of nitrogens with zero attached hydrogens (tertiary/aromatic N) is 2. The van der Waals surface area contributed by atoms with Gasteiger partial charge in [0.2, 0.25) is 0 Å². The molecule has 0 spiro atoms. The van der Waals surface area contributed by atoms with E-state index in [0.717, 1.165) is 11.3 Å². The summed E-state index contributed by atoms with van der Waals surface area (Å²) >= 11 is 1.30. The summed E-state index contributed by atoms with van der Waals surface area (Å²) in [4.78, 5) is 12.5. The first-order valence-corrected chi connectivity index (χ1v) is 7.68. The lowest BCUT2D eigenvalue weighted by Gasteiger charge is -2.16. The van der Waals surface area contributed by atoms with E-state index in [9.17, 15) is 9.18 Å². The van der Waals surface area contributed by atoms with Crippen LogP contribution in [0.25, 0.3) is 0 Å². The van der Waals surface area contributed by atoms with Crippen LogP contribution >= 0.6 is 11.8 Å². The normalized spacial score (nSPS) is 12.6. The van der Waals surface area contributed by atoms with Gasteiger partial charge in [-0.3, -0.25) is 4.57 Å². The van der Waals surface area contributed by atoms with Crippen molar-refractivity contribution in [2.45, 2.75) is 42.9 Å². The highest BCUT2D eigenvalue weighted by Gasteiger charge is 2.17. The quantitative estimate of drug-likeness (QED) is 0.861. The van der Waals surface area contributed by atoms with Gasteiger partial charge in [0.15, 0.2) is 5.16 Å². The van der Waals surface area contributed by atoms with Crippen molar-refractivity contribution in [3.8, 4) is 0 Å². The summed E-state index contributed by atoms with van der Waals surface area (Å²) in [5, 5.41) is 10.1. The van der Waals surface area contributed by atoms with Crippen LogP contribution in [0.3, 0.4) is 0 Å². The molecule has 0 radical (unpaired) electrons. The van der Waals surface area contributed by atoms with Gasteiger partial charge in [-0.05, 0) is 44.3 Å². The Morgan fingerprint density at radius 1 is 1.52 bits per heavy atom. The molecule has 0 fully saturated rings. The molecular weight excluding hydrogens is 291 g/mol. The summed E-state index contributed by atoms with van der Waals surface area (Å²) in [6.07, 6.45) is 0.829. The number of halogens is 1. The van der Waals surface area contributed by atoms with Crippen LogP contribution in [-0.2, 0) is 6.54 Å². The molecule has 1 aromatic carbocycles. The van der Waals surface area contributed by atoms with Crippen molar-refractivity contribution in [2.75, 3.05) is 7.05 Å². The van der Waals surface area contributed by atoms with E-state index in [1.807, 2.05) is 19.9 Å². The molecule has 0 amide bonds. The molecule has 2 rings (SSSR count). The van der Waals surface area contributed by atoms with Gasteiger partial charge in [-0.25, -0.2) is 14.3 Å². The third-order valence-electron chi connectivity index (χ3n) is 3.25. The number of H-pyrrole nitrogens is 1. The SMILES string of the molecule is CCCn1c(Sc2cccc(F)c2C(C)NC)n[nH]c1=O. The Labute approximate surface area is 127 Å². The second-order valence-electron chi connectivity index (χ2n) is 4.73. The van der Waals surface area contributed by atoms with Gasteiger partial charge in [0, 0.05) is 23.0 Å². The number of rotatable bonds is 6. The maximum Gasteiger partial charge on any atom is 0.343 e. The second-order valence-corrected chi connectivity index (χ2v) is 5.74. The van der Waals surface area contributed by atoms with Crippen LogP contribution in [0.5, 0.6) is 0 Å². The van der Waals surface area contributed by atoms with E-state index in [1.165, 1.54) is 17.8 Å². The highest BCUT2D eigenvalue weighted by atomic mass is 32.2. The van der Waals surface area contributed by atoms with E-state index in [0.29, 0.717) is 17.3 Å². The number of hydrogen-bond donors (Lipinski definition) is 2. The van der Waals surface area contributed by atoms with E-state index in [4.69, 9.17) is 0 Å². The Hall–Kier alpha value is -1.60. The highest BCUT2D eigenvalue weighted by Crippen LogP contribution is 2.33. The zero-order valence-corrected chi connectivity index (χ0v) is 13.1. The van der Waals surface area contributed by atoms with Gasteiger partial charge in [-0.1, -0.05) is 13.0 Å². The second kappa shape index (κ2) is 6.91. The molecular formula is C14H19FN4OS. The van der Waals surface area contributed by atoms with Gasteiger partial charge < -0.3 is 5.32 Å². The molecule has 0 aliphatic carbocycles. The third-order valence-corrected chi connectivity index (χ3v) is 4.32. The highest BCUT2D eigenvalue weighted by molar-refractivity contribution is 7.99. The summed E-state index contributed by atoms with van der Waals surface area (Å²) in [6.45, 7) is 4.47. The summed E-state index contributed by atoms with van der Waals surface area (Å²) in [7, 11) is 1.78. The Bertz CT molecular complexity index is 667. The standard InChI is InChI=1S/C14H19FN4OS/c1-4-8-19-13(20)17-18-14(19)21-11-7-5-6-10(15)12(11)9(2)16-3/h5-7,9,16H,4,8H2,1-3H3,(H,17,20). The van der Waals surface area contributed by atoms with Gasteiger partial charge >= 0.3 is 5.69 Å². The van der Waals surface area contributed by atoms with Crippen LogP contribution in [0.1, 0.15) is 31.9 Å². The topological polar surface area (TPSA) is 62.7 Å². The lowest BCUT2D eigenvalue weighted by molar-refractivity contribution is 0.551. The van der Waals surface area contributed by atoms with Crippen LogP contribution < -0.4 is 11.0 Å². The molecule has 1 heterocycles. The number of nitrogens with one attached hydrogen (secondary N) is 2. The first-order valence-electron chi connectivity index (χ1n) is 6.87. The molecule has 0 aliphatic heterocycles. The van der Waals surface area contributed by atoms with E-state index in [-0.39, 0.29) is 17.5 Å². The predicted molar refractivity (Wildman–Crippen MR) is 81.1 cm³/mol. The van der Waals surface area contributed by atoms with Crippen molar-refractivity contribution in [1.82, 2.24) is 20.1 Å². The lowest BCUT2D eigenvalue weighted by Crippen LogP contribution is -2.17. The molecule has 0 aliphatic rings. The molecule has 7 heteroatoms. The Morgan fingerprint density at radius 3 is 2.95 bits per heavy atom. The maximum absolute atomic E-state index is 14.1. The molecule has 0 saturated carbocycles. The van der Waals surface area contributed by atoms with E-state index in [2.05, 4.69) is 15.5 Å². The van der Waals surface area contributed by atoms with Gasteiger partial charge in [-0.15, -0.1) is 5.10 Å². The predicted octanol–water partition coefficient (Wildman–Crippen LogP) is 2.55. The fraction of sp³-hybridized carbons (Fsp3) is 0.429. The molecule has 1 unspecified atom stereocenters. The average Bonchev–Trinajstić information content (AvgIpc) is 2.80. The summed E-state index contributed by atoms with van der Waals surface area (Å²) in [5.41, 5.74) is 0.350. The van der Waals surface area contributed by atoms with Gasteiger partial charge in [0.05, 0.1) is 0 Å². The summed E-state index contributed by atoms with van der Waals surface area (Å²) in [6, 6.07) is 4.82. The van der Waals surface area contributed by atoms with Gasteiger partial charge in [0.1, 0.15) is 5.82 Å². The Balaban J connectivity index is 2.40. The molecule has 0 bridgehead atoms. The van der Waals surface area contributed by atoms with Crippen molar-refractivity contribution in [1.29, 1.82) is 0 Å². The Morgan fingerprint density at radius 2 is 2.29 bits per heavy atom. The Kier molecular flexibility index (Phi) is 5.19. The summed E-state index contributed by atoms with van der Waals surface area (Å²) < 4.78 is 15.7. The van der Waals surface area contributed by atoms with Crippen molar-refractivity contribution < 1.29 is 4.39 Å². The smallest absolute Gasteiger partial charge is 0.313 e. The van der Waals surface area contributed by atoms with Crippen LogP contribution in [0, 0.1) is 5.82 Å². The lowest BCUT2D eigenvalue weighted by atomic mass is 10.1. The molecule has 114 valence electrons. The maximum atomic E-state index is 14.1. The molecule has 1 atom stereocenters. The van der Waals surface area contributed by atoms with Crippen LogP contribution in [0.15, 0.2) is 33.0 Å². The molecule has 2 N–H and O–H groups in total. The largest absolute Gasteiger partial charge is 0.343 e. The van der Waals surface area contributed by atoms with Crippen molar-refractivity contribution in [3.05, 3.63) is 40.1 Å². The third kappa shape index (κ3) is 3.36. The van der Waals surface area contributed by atoms with E-state index >= 15 is 0 Å². The molecule has 0 saturated heterocycles. The van der Waals surface area contributed by atoms with Crippen molar-refractivity contribution in [3.63, 3.8) is 0 Å². The zero-order valence-electron chi connectivity index (χ0n) is 12.3. The van der Waals surface area contributed by atoms with Gasteiger partial charge in [0.25, 0.3) is 0 Å². The van der Waals surface area contributed by atoms with E-state index < -0.39 is 0 Å². The van der Waals surface area contributed by atoms with Crippen LogP contribution in [0.4, 0.5) is 4.39 Å². The van der Waals surface area contributed by atoms with Crippen molar-refractivity contribution >= 4 is 11.8 Å². The van der Waals surface area contributed by atoms with Crippen LogP contribution in [0.2, 0.25) is 0 Å². The monoisotopic (exact) mass is 310 g/mol. The minimum absolute atomic E-state index is 0.126. The van der Waals surface area contributed by atoms with Gasteiger partial charge in [-0.2, -0.15) is 0 Å². The first-order chi connectivity index (χ1) is 10.1. The zero-order chi connectivity index (χ0) is 15.4. The number of hydrogen-bond acceptors (Lipinski definition) is 4. The minimum Gasteiger partial charge on any atom is -0.313 e. The molecule has 1 aromatic heterocycles. The number of aromatic nitrogens is 3.